The van der Waals surface area contributed by atoms with Gasteiger partial charge in [-0.2, -0.15) is 18.3 Å². The molecule has 6 nitrogen and oxygen atoms in total. The first-order valence-electron chi connectivity index (χ1n) is 11.0. The molecule has 1 aliphatic carbocycles. The highest BCUT2D eigenvalue weighted by Gasteiger charge is 2.31. The maximum absolute atomic E-state index is 13.2. The summed E-state index contributed by atoms with van der Waals surface area (Å²) in [5, 5.41) is 13.6. The molecular formula is C24H23F3N4O2S. The van der Waals surface area contributed by atoms with Crippen LogP contribution in [0.5, 0.6) is 0 Å². The van der Waals surface area contributed by atoms with E-state index >= 15 is 0 Å². The van der Waals surface area contributed by atoms with Gasteiger partial charge < -0.3 is 4.42 Å². The second-order valence-corrected chi connectivity index (χ2v) is 8.87. The second-order valence-electron chi connectivity index (χ2n) is 7.94. The van der Waals surface area contributed by atoms with Crippen LogP contribution in [0.4, 0.5) is 18.9 Å². The van der Waals surface area contributed by atoms with Gasteiger partial charge in [-0.1, -0.05) is 67.4 Å². The third-order valence-corrected chi connectivity index (χ3v) is 6.27. The summed E-state index contributed by atoms with van der Waals surface area (Å²) in [6, 6.07) is 13.5. The summed E-state index contributed by atoms with van der Waals surface area (Å²) in [7, 11) is 0. The fourth-order valence-electron chi connectivity index (χ4n) is 3.73. The van der Waals surface area contributed by atoms with E-state index < -0.39 is 17.6 Å². The number of halogens is 3. The molecule has 4 rings (SSSR count). The number of hydrazone groups is 1. The third kappa shape index (κ3) is 6.25. The molecule has 0 aliphatic heterocycles. The fourth-order valence-corrected chi connectivity index (χ4v) is 4.34. The zero-order valence-electron chi connectivity index (χ0n) is 18.2. The summed E-state index contributed by atoms with van der Waals surface area (Å²) in [5.41, 5.74) is -0.144. The second kappa shape index (κ2) is 10.9. The Bertz CT molecular complexity index is 1130. The highest BCUT2D eigenvalue weighted by atomic mass is 32.2. The third-order valence-electron chi connectivity index (χ3n) is 5.47. The van der Waals surface area contributed by atoms with E-state index in [2.05, 4.69) is 15.3 Å². The number of anilines is 1. The molecule has 1 saturated carbocycles. The SMILES string of the molecule is O=C(CSc1nnc(C2CCCCC2)o1)N(N=Cc1ccccc1)c1cccc(C(F)(F)F)c1. The number of hydrogen-bond acceptors (Lipinski definition) is 6. The molecule has 0 atom stereocenters. The van der Waals surface area contributed by atoms with Crippen LogP contribution >= 0.6 is 11.8 Å². The molecule has 0 bridgehead atoms. The van der Waals surface area contributed by atoms with E-state index in [1.165, 1.54) is 24.8 Å². The summed E-state index contributed by atoms with van der Waals surface area (Å²) in [6.07, 6.45) is 2.35. The molecule has 2 aromatic carbocycles. The quantitative estimate of drug-likeness (QED) is 0.222. The van der Waals surface area contributed by atoms with Gasteiger partial charge in [0.05, 0.1) is 23.2 Å². The molecule has 0 unspecified atom stereocenters. The summed E-state index contributed by atoms with van der Waals surface area (Å²) in [4.78, 5) is 13.0. The van der Waals surface area contributed by atoms with Crippen LogP contribution in [0.2, 0.25) is 0 Å². The smallest absolute Gasteiger partial charge is 0.416 e. The van der Waals surface area contributed by atoms with Gasteiger partial charge in [0.2, 0.25) is 5.89 Å². The predicted octanol–water partition coefficient (Wildman–Crippen LogP) is 6.30. The Morgan fingerprint density at radius 2 is 1.85 bits per heavy atom. The standard InChI is InChI=1S/C24H23F3N4O2S/c25-24(26,27)19-12-7-13-20(14-19)31(28-15-17-8-3-1-4-9-17)21(32)16-34-23-30-29-22(33-23)18-10-5-2-6-11-18/h1,3-4,7-9,12-15,18H,2,5-6,10-11,16H2. The lowest BCUT2D eigenvalue weighted by Crippen LogP contribution is -2.27. The van der Waals surface area contributed by atoms with E-state index in [-0.39, 0.29) is 22.6 Å². The molecule has 178 valence electrons. The number of amides is 1. The molecule has 0 spiro atoms. The van der Waals surface area contributed by atoms with Gasteiger partial charge in [0.15, 0.2) is 0 Å². The fraction of sp³-hybridized carbons (Fsp3) is 0.333. The zero-order chi connectivity index (χ0) is 24.0. The Morgan fingerprint density at radius 3 is 2.59 bits per heavy atom. The van der Waals surface area contributed by atoms with Crippen molar-refractivity contribution in [1.82, 2.24) is 10.2 Å². The lowest BCUT2D eigenvalue weighted by molar-refractivity contribution is -0.137. The average molecular weight is 489 g/mol. The largest absolute Gasteiger partial charge is 0.416 e. The molecule has 0 N–H and O–H groups in total. The number of aromatic nitrogens is 2. The van der Waals surface area contributed by atoms with Crippen LogP contribution in [0.1, 0.15) is 55.0 Å². The van der Waals surface area contributed by atoms with Crippen molar-refractivity contribution in [3.8, 4) is 0 Å². The Morgan fingerprint density at radius 1 is 1.09 bits per heavy atom. The van der Waals surface area contributed by atoms with Gasteiger partial charge in [-0.25, -0.2) is 5.01 Å². The molecule has 1 amide bonds. The first-order chi connectivity index (χ1) is 16.4. The minimum atomic E-state index is -4.54. The number of benzene rings is 2. The molecule has 1 aliphatic rings. The van der Waals surface area contributed by atoms with Gasteiger partial charge in [-0.3, -0.25) is 4.79 Å². The topological polar surface area (TPSA) is 71.6 Å². The van der Waals surface area contributed by atoms with Crippen molar-refractivity contribution in [1.29, 1.82) is 0 Å². The van der Waals surface area contributed by atoms with Gasteiger partial charge in [0.25, 0.3) is 11.1 Å². The van der Waals surface area contributed by atoms with Crippen LogP contribution in [-0.4, -0.2) is 28.1 Å². The average Bonchev–Trinajstić information content (AvgIpc) is 3.33. The first-order valence-corrected chi connectivity index (χ1v) is 11.9. The number of hydrogen-bond donors (Lipinski definition) is 0. The van der Waals surface area contributed by atoms with Gasteiger partial charge in [-0.05, 0) is 36.6 Å². The van der Waals surface area contributed by atoms with Crippen molar-refractivity contribution in [3.05, 3.63) is 71.6 Å². The Labute approximate surface area is 199 Å². The van der Waals surface area contributed by atoms with Crippen LogP contribution in [0, 0.1) is 0 Å². The summed E-state index contributed by atoms with van der Waals surface area (Å²) >= 11 is 1.04. The summed E-state index contributed by atoms with van der Waals surface area (Å²) in [6.45, 7) is 0. The number of rotatable bonds is 7. The minimum Gasteiger partial charge on any atom is -0.416 e. The van der Waals surface area contributed by atoms with E-state index in [0.717, 1.165) is 54.6 Å². The summed E-state index contributed by atoms with van der Waals surface area (Å²) in [5.74, 6) is 0.165. The van der Waals surface area contributed by atoms with Crippen LogP contribution < -0.4 is 5.01 Å². The van der Waals surface area contributed by atoms with E-state index in [4.69, 9.17) is 4.42 Å². The van der Waals surface area contributed by atoms with Crippen molar-refractivity contribution in [2.45, 2.75) is 49.4 Å². The van der Waals surface area contributed by atoms with Gasteiger partial charge >= 0.3 is 6.18 Å². The summed E-state index contributed by atoms with van der Waals surface area (Å²) < 4.78 is 45.4. The van der Waals surface area contributed by atoms with Gasteiger partial charge in [0, 0.05) is 5.92 Å². The van der Waals surface area contributed by atoms with E-state index in [1.807, 2.05) is 6.07 Å². The number of carbonyl (C=O) groups is 1. The molecule has 1 heterocycles. The number of thioether (sulfide) groups is 1. The molecular weight excluding hydrogens is 465 g/mol. The molecule has 0 saturated heterocycles. The molecule has 1 aromatic heterocycles. The Hall–Kier alpha value is -3.14. The van der Waals surface area contributed by atoms with Crippen molar-refractivity contribution >= 4 is 29.6 Å². The van der Waals surface area contributed by atoms with Gasteiger partial charge in [-0.15, -0.1) is 10.2 Å². The first kappa shape index (κ1) is 24.0. The number of nitrogens with zero attached hydrogens (tertiary/aromatic N) is 4. The van der Waals surface area contributed by atoms with E-state index in [1.54, 1.807) is 24.3 Å². The minimum absolute atomic E-state index is 0.0148. The van der Waals surface area contributed by atoms with Crippen LogP contribution in [-0.2, 0) is 11.0 Å². The molecule has 34 heavy (non-hydrogen) atoms. The van der Waals surface area contributed by atoms with Crippen LogP contribution in [0.15, 0.2) is 69.3 Å². The van der Waals surface area contributed by atoms with Crippen LogP contribution in [0.3, 0.4) is 0 Å². The maximum Gasteiger partial charge on any atom is 0.416 e. The molecule has 0 radical (unpaired) electrons. The monoisotopic (exact) mass is 488 g/mol. The van der Waals surface area contributed by atoms with E-state index in [0.29, 0.717) is 11.5 Å². The van der Waals surface area contributed by atoms with Crippen molar-refractivity contribution in [3.63, 3.8) is 0 Å². The van der Waals surface area contributed by atoms with Crippen molar-refractivity contribution in [2.75, 3.05) is 10.8 Å². The lowest BCUT2D eigenvalue weighted by Gasteiger charge is -2.18. The highest BCUT2D eigenvalue weighted by Crippen LogP contribution is 2.34. The molecule has 1 fully saturated rings. The Kier molecular flexibility index (Phi) is 7.66. The highest BCUT2D eigenvalue weighted by molar-refractivity contribution is 7.99. The van der Waals surface area contributed by atoms with Crippen molar-refractivity contribution < 1.29 is 22.4 Å². The predicted molar refractivity (Wildman–Crippen MR) is 124 cm³/mol. The number of carbonyl (C=O) groups excluding carboxylic acids is 1. The van der Waals surface area contributed by atoms with Crippen LogP contribution in [0.25, 0.3) is 0 Å². The maximum atomic E-state index is 13.2. The number of alkyl halides is 3. The Balaban J connectivity index is 1.51. The van der Waals surface area contributed by atoms with Crippen molar-refractivity contribution in [2.24, 2.45) is 5.10 Å². The zero-order valence-corrected chi connectivity index (χ0v) is 19.1. The lowest BCUT2D eigenvalue weighted by atomic mass is 9.89. The normalized spacial score (nSPS) is 15.0. The molecule has 3 aromatic rings. The van der Waals surface area contributed by atoms with E-state index in [9.17, 15) is 18.0 Å². The molecule has 10 heteroatoms. The van der Waals surface area contributed by atoms with Gasteiger partial charge in [0.1, 0.15) is 0 Å².